The van der Waals surface area contributed by atoms with Crippen LogP contribution in [0.25, 0.3) is 0 Å². The number of hydrogen-bond donors (Lipinski definition) is 1. The van der Waals surface area contributed by atoms with Gasteiger partial charge in [0.2, 0.25) is 0 Å². The molecule has 8 nitrogen and oxygen atoms in total. The SMILES string of the molecule is C[C@@H]1C[C@@H](C)CN(C(=O)COC(=O)c2ccc(NCc3ccccc3)c([N+](=O)[O-])c2)C1. The van der Waals surface area contributed by atoms with Crippen LogP contribution in [0.2, 0.25) is 0 Å². The molecule has 164 valence electrons. The van der Waals surface area contributed by atoms with Gasteiger partial charge < -0.3 is 15.0 Å². The van der Waals surface area contributed by atoms with Gasteiger partial charge in [-0.3, -0.25) is 14.9 Å². The normalized spacial score (nSPS) is 18.3. The fourth-order valence-electron chi connectivity index (χ4n) is 3.92. The summed E-state index contributed by atoms with van der Waals surface area (Å²) in [5.74, 6) is -0.199. The number of amides is 1. The third-order valence-corrected chi connectivity index (χ3v) is 5.30. The van der Waals surface area contributed by atoms with Crippen molar-refractivity contribution in [2.75, 3.05) is 25.0 Å². The van der Waals surface area contributed by atoms with Crippen LogP contribution in [0.15, 0.2) is 48.5 Å². The summed E-state index contributed by atoms with van der Waals surface area (Å²) >= 11 is 0. The fourth-order valence-corrected chi connectivity index (χ4v) is 3.92. The average molecular weight is 425 g/mol. The number of carbonyl (C=O) groups is 2. The van der Waals surface area contributed by atoms with Gasteiger partial charge in [0.1, 0.15) is 5.69 Å². The molecule has 1 saturated heterocycles. The Morgan fingerprint density at radius 3 is 2.45 bits per heavy atom. The molecule has 8 heteroatoms. The van der Waals surface area contributed by atoms with Crippen molar-refractivity contribution in [2.24, 2.45) is 11.8 Å². The second-order valence-electron chi connectivity index (χ2n) is 8.15. The molecule has 1 N–H and O–H groups in total. The van der Waals surface area contributed by atoms with Gasteiger partial charge in [-0.1, -0.05) is 44.2 Å². The summed E-state index contributed by atoms with van der Waals surface area (Å²) in [5, 5.41) is 14.5. The highest BCUT2D eigenvalue weighted by Gasteiger charge is 2.26. The van der Waals surface area contributed by atoms with Crippen LogP contribution >= 0.6 is 0 Å². The lowest BCUT2D eigenvalue weighted by molar-refractivity contribution is -0.384. The van der Waals surface area contributed by atoms with Gasteiger partial charge in [-0.2, -0.15) is 0 Å². The zero-order chi connectivity index (χ0) is 22.4. The summed E-state index contributed by atoms with van der Waals surface area (Å²) in [5.41, 5.74) is 1.08. The minimum absolute atomic E-state index is 0.0325. The molecular formula is C23H27N3O5. The van der Waals surface area contributed by atoms with Crippen LogP contribution in [-0.2, 0) is 16.1 Å². The zero-order valence-corrected chi connectivity index (χ0v) is 17.7. The number of nitro groups is 1. The van der Waals surface area contributed by atoms with Crippen molar-refractivity contribution in [1.29, 1.82) is 0 Å². The van der Waals surface area contributed by atoms with Crippen molar-refractivity contribution in [3.63, 3.8) is 0 Å². The molecule has 2 atom stereocenters. The number of nitrogens with zero attached hydrogens (tertiary/aromatic N) is 2. The number of nitro benzene ring substituents is 1. The summed E-state index contributed by atoms with van der Waals surface area (Å²) in [4.78, 5) is 37.5. The van der Waals surface area contributed by atoms with E-state index in [4.69, 9.17) is 4.74 Å². The Labute approximate surface area is 181 Å². The van der Waals surface area contributed by atoms with Crippen LogP contribution < -0.4 is 5.32 Å². The minimum Gasteiger partial charge on any atom is -0.452 e. The van der Waals surface area contributed by atoms with E-state index in [-0.39, 0.29) is 23.8 Å². The van der Waals surface area contributed by atoms with Crippen LogP contribution in [-0.4, -0.2) is 41.4 Å². The Hall–Kier alpha value is -3.42. The van der Waals surface area contributed by atoms with Crippen LogP contribution in [0.1, 0.15) is 36.2 Å². The topological polar surface area (TPSA) is 102 Å². The summed E-state index contributed by atoms with van der Waals surface area (Å²) < 4.78 is 5.14. The van der Waals surface area contributed by atoms with Gasteiger partial charge in [0, 0.05) is 25.7 Å². The molecule has 2 aromatic rings. The largest absolute Gasteiger partial charge is 0.452 e. The van der Waals surface area contributed by atoms with E-state index in [9.17, 15) is 19.7 Å². The third kappa shape index (κ3) is 6.04. The molecule has 0 aromatic heterocycles. The molecule has 1 aliphatic rings. The average Bonchev–Trinajstić information content (AvgIpc) is 2.75. The first-order valence-electron chi connectivity index (χ1n) is 10.3. The first kappa shape index (κ1) is 22.3. The number of carbonyl (C=O) groups excluding carboxylic acids is 2. The standard InChI is InChI=1S/C23H27N3O5/c1-16-10-17(2)14-25(13-16)22(27)15-31-23(28)19-8-9-20(21(11-19)26(29)30)24-12-18-6-4-3-5-7-18/h3-9,11,16-17,24H,10,12-15H2,1-2H3/t16-,17-/m1/s1. The van der Waals surface area contributed by atoms with Gasteiger partial charge in [-0.15, -0.1) is 0 Å². The summed E-state index contributed by atoms with van der Waals surface area (Å²) in [6.07, 6.45) is 1.07. The van der Waals surface area contributed by atoms with Crippen molar-refractivity contribution < 1.29 is 19.2 Å². The number of piperidine rings is 1. The van der Waals surface area contributed by atoms with Crippen molar-refractivity contribution in [1.82, 2.24) is 4.90 Å². The Morgan fingerprint density at radius 2 is 1.81 bits per heavy atom. The number of rotatable bonds is 7. The van der Waals surface area contributed by atoms with E-state index in [1.807, 2.05) is 30.3 Å². The Kier molecular flexibility index (Phi) is 7.23. The number of likely N-dealkylation sites (tertiary alicyclic amines) is 1. The first-order chi connectivity index (χ1) is 14.8. The third-order valence-electron chi connectivity index (χ3n) is 5.30. The molecule has 0 radical (unpaired) electrons. The molecule has 1 amide bonds. The van der Waals surface area contributed by atoms with Gasteiger partial charge in [-0.25, -0.2) is 4.79 Å². The maximum atomic E-state index is 12.4. The number of benzene rings is 2. The Morgan fingerprint density at radius 1 is 1.13 bits per heavy atom. The number of hydrogen-bond acceptors (Lipinski definition) is 6. The fraction of sp³-hybridized carbons (Fsp3) is 0.391. The highest BCUT2D eigenvalue weighted by atomic mass is 16.6. The smallest absolute Gasteiger partial charge is 0.338 e. The van der Waals surface area contributed by atoms with E-state index in [1.54, 1.807) is 4.90 Å². The van der Waals surface area contributed by atoms with Crippen LogP contribution in [0.3, 0.4) is 0 Å². The Bertz CT molecular complexity index is 937. The highest BCUT2D eigenvalue weighted by molar-refractivity contribution is 5.93. The lowest BCUT2D eigenvalue weighted by Crippen LogP contribution is -2.44. The van der Waals surface area contributed by atoms with E-state index in [2.05, 4.69) is 19.2 Å². The molecule has 1 fully saturated rings. The van der Waals surface area contributed by atoms with Crippen LogP contribution in [0.5, 0.6) is 0 Å². The predicted octanol–water partition coefficient (Wildman–Crippen LogP) is 3.87. The quantitative estimate of drug-likeness (QED) is 0.410. The monoisotopic (exact) mass is 425 g/mol. The lowest BCUT2D eigenvalue weighted by Gasteiger charge is -2.34. The van der Waals surface area contributed by atoms with Gasteiger partial charge in [0.05, 0.1) is 10.5 Å². The number of anilines is 1. The molecule has 2 aromatic carbocycles. The number of nitrogens with one attached hydrogen (secondary N) is 1. The predicted molar refractivity (Wildman–Crippen MR) is 117 cm³/mol. The van der Waals surface area contributed by atoms with Crippen LogP contribution in [0, 0.1) is 22.0 Å². The van der Waals surface area contributed by atoms with E-state index in [0.717, 1.165) is 12.0 Å². The first-order valence-corrected chi connectivity index (χ1v) is 10.3. The van der Waals surface area contributed by atoms with Gasteiger partial charge in [0.25, 0.3) is 11.6 Å². The minimum atomic E-state index is -0.760. The molecular weight excluding hydrogens is 398 g/mol. The molecule has 0 bridgehead atoms. The molecule has 0 saturated carbocycles. The summed E-state index contributed by atoms with van der Waals surface area (Å²) in [7, 11) is 0. The molecule has 3 rings (SSSR count). The maximum Gasteiger partial charge on any atom is 0.338 e. The van der Waals surface area contributed by atoms with E-state index in [0.29, 0.717) is 37.2 Å². The number of esters is 1. The van der Waals surface area contributed by atoms with Crippen molar-refractivity contribution in [2.45, 2.75) is 26.8 Å². The molecule has 0 spiro atoms. The molecule has 0 unspecified atom stereocenters. The second kappa shape index (κ2) is 10.1. The van der Waals surface area contributed by atoms with Gasteiger partial charge >= 0.3 is 5.97 Å². The van der Waals surface area contributed by atoms with Crippen molar-refractivity contribution in [3.8, 4) is 0 Å². The van der Waals surface area contributed by atoms with E-state index in [1.165, 1.54) is 18.2 Å². The lowest BCUT2D eigenvalue weighted by atomic mass is 9.92. The highest BCUT2D eigenvalue weighted by Crippen LogP contribution is 2.27. The second-order valence-corrected chi connectivity index (χ2v) is 8.15. The zero-order valence-electron chi connectivity index (χ0n) is 17.7. The van der Waals surface area contributed by atoms with E-state index < -0.39 is 10.9 Å². The van der Waals surface area contributed by atoms with Crippen LogP contribution in [0.4, 0.5) is 11.4 Å². The number of ether oxygens (including phenoxy) is 1. The molecule has 1 aliphatic heterocycles. The van der Waals surface area contributed by atoms with Crippen molar-refractivity contribution in [3.05, 3.63) is 69.8 Å². The Balaban J connectivity index is 1.62. The van der Waals surface area contributed by atoms with Crippen molar-refractivity contribution >= 4 is 23.3 Å². The van der Waals surface area contributed by atoms with E-state index >= 15 is 0 Å². The molecule has 31 heavy (non-hydrogen) atoms. The maximum absolute atomic E-state index is 12.4. The molecule has 0 aliphatic carbocycles. The summed E-state index contributed by atoms with van der Waals surface area (Å²) in [6, 6.07) is 13.6. The van der Waals surface area contributed by atoms with Gasteiger partial charge in [-0.05, 0) is 36.0 Å². The summed E-state index contributed by atoms with van der Waals surface area (Å²) in [6.45, 7) is 5.51. The molecule has 1 heterocycles. The van der Waals surface area contributed by atoms with Gasteiger partial charge in [0.15, 0.2) is 6.61 Å².